The molecule has 5 amide bonds. The van der Waals surface area contributed by atoms with E-state index >= 15 is 0 Å². The van der Waals surface area contributed by atoms with E-state index in [1.807, 2.05) is 26.0 Å². The van der Waals surface area contributed by atoms with Gasteiger partial charge in [-0.25, -0.2) is 4.79 Å². The number of nitrogens with zero attached hydrogens (tertiary/aromatic N) is 1. The van der Waals surface area contributed by atoms with E-state index in [2.05, 4.69) is 16.0 Å². The molecule has 8 nitrogen and oxygen atoms in total. The molecule has 0 unspecified atom stereocenters. The van der Waals surface area contributed by atoms with Crippen LogP contribution < -0.4 is 16.0 Å². The number of carbonyl (C=O) groups is 4. The molecule has 0 aromatic heterocycles. The Bertz CT molecular complexity index is 1160. The van der Waals surface area contributed by atoms with Gasteiger partial charge in [-0.1, -0.05) is 23.7 Å². The summed E-state index contributed by atoms with van der Waals surface area (Å²) in [6, 6.07) is 7.81. The van der Waals surface area contributed by atoms with Crippen molar-refractivity contribution in [1.82, 2.24) is 15.5 Å². The number of urea groups is 1. The molecule has 1 atom stereocenters. The highest BCUT2D eigenvalue weighted by Crippen LogP contribution is 2.31. The summed E-state index contributed by atoms with van der Waals surface area (Å²) in [6.45, 7) is 4.36. The molecule has 2 aromatic rings. The molecular weight excluding hydrogens is 444 g/mol. The Labute approximate surface area is 196 Å². The lowest BCUT2D eigenvalue weighted by molar-refractivity contribution is -0.132. The van der Waals surface area contributed by atoms with Gasteiger partial charge in [-0.05, 0) is 67.1 Å². The van der Waals surface area contributed by atoms with Crippen LogP contribution >= 0.6 is 11.6 Å². The molecule has 2 aliphatic rings. The minimum absolute atomic E-state index is 0.212. The van der Waals surface area contributed by atoms with Gasteiger partial charge >= 0.3 is 6.03 Å². The average Bonchev–Trinajstić information content (AvgIpc) is 3.00. The third-order valence-corrected chi connectivity index (χ3v) is 6.63. The second-order valence-corrected chi connectivity index (χ2v) is 8.81. The molecule has 1 fully saturated rings. The number of nitrogens with one attached hydrogen (secondary N) is 3. The van der Waals surface area contributed by atoms with E-state index in [-0.39, 0.29) is 30.8 Å². The minimum atomic E-state index is -0.663. The van der Waals surface area contributed by atoms with E-state index in [1.165, 1.54) is 4.90 Å². The zero-order valence-electron chi connectivity index (χ0n) is 18.5. The van der Waals surface area contributed by atoms with Gasteiger partial charge in [0.25, 0.3) is 5.91 Å². The van der Waals surface area contributed by atoms with Crippen molar-refractivity contribution in [3.63, 3.8) is 0 Å². The van der Waals surface area contributed by atoms with Crippen LogP contribution in [0.3, 0.4) is 0 Å². The van der Waals surface area contributed by atoms with Gasteiger partial charge < -0.3 is 15.5 Å². The van der Waals surface area contributed by atoms with Crippen LogP contribution in [0.5, 0.6) is 0 Å². The Morgan fingerprint density at radius 3 is 2.73 bits per heavy atom. The summed E-state index contributed by atoms with van der Waals surface area (Å²) in [5, 5.41) is 8.52. The predicted octanol–water partition coefficient (Wildman–Crippen LogP) is 3.43. The number of imide groups is 1. The lowest BCUT2D eigenvalue weighted by Crippen LogP contribution is -2.46. The number of rotatable bonds is 4. The second-order valence-electron chi connectivity index (χ2n) is 8.40. The molecule has 172 valence electrons. The van der Waals surface area contributed by atoms with E-state index in [4.69, 9.17) is 11.6 Å². The van der Waals surface area contributed by atoms with Crippen molar-refractivity contribution in [3.8, 4) is 0 Å². The van der Waals surface area contributed by atoms with Gasteiger partial charge in [-0.3, -0.25) is 19.7 Å². The Balaban J connectivity index is 1.44. The Morgan fingerprint density at radius 1 is 1.18 bits per heavy atom. The van der Waals surface area contributed by atoms with Crippen LogP contribution in [-0.2, 0) is 22.7 Å². The number of hydrogen-bond acceptors (Lipinski definition) is 4. The molecule has 2 heterocycles. The Hall–Kier alpha value is -3.39. The highest BCUT2D eigenvalue weighted by atomic mass is 35.5. The third-order valence-electron chi connectivity index (χ3n) is 6.22. The van der Waals surface area contributed by atoms with Gasteiger partial charge in [0.1, 0.15) is 6.04 Å². The lowest BCUT2D eigenvalue weighted by atomic mass is 9.98. The average molecular weight is 469 g/mol. The van der Waals surface area contributed by atoms with Crippen molar-refractivity contribution >= 4 is 41.0 Å². The lowest BCUT2D eigenvalue weighted by Gasteiger charge is -2.24. The molecular formula is C24H25ClN4O4. The summed E-state index contributed by atoms with van der Waals surface area (Å²) in [4.78, 5) is 50.9. The SMILES string of the molecule is Cc1ccc(NC(=O)NCc2ccc3c(c2C)CN([C@H]2CCCC(=O)NC2=O)C3=O)cc1Cl. The molecule has 33 heavy (non-hydrogen) atoms. The van der Waals surface area contributed by atoms with Crippen LogP contribution in [0.25, 0.3) is 0 Å². The maximum atomic E-state index is 13.0. The van der Waals surface area contributed by atoms with Gasteiger partial charge in [0.05, 0.1) is 0 Å². The molecule has 0 bridgehead atoms. The topological polar surface area (TPSA) is 108 Å². The van der Waals surface area contributed by atoms with Gasteiger partial charge in [0.15, 0.2) is 0 Å². The largest absolute Gasteiger partial charge is 0.334 e. The maximum absolute atomic E-state index is 13.0. The first-order chi connectivity index (χ1) is 15.7. The standard InChI is InChI=1S/C24H25ClN4O4/c1-13-6-8-16(10-19(13)25)27-24(33)26-11-15-7-9-17-18(14(15)2)12-29(23(17)32)20-4-3-5-21(30)28-22(20)31/h6-10,20H,3-5,11-12H2,1-2H3,(H2,26,27,33)(H,28,30,31)/t20-/m0/s1. The van der Waals surface area contributed by atoms with Crippen LogP contribution in [-0.4, -0.2) is 34.7 Å². The van der Waals surface area contributed by atoms with Crippen molar-refractivity contribution in [3.05, 3.63) is 63.2 Å². The van der Waals surface area contributed by atoms with Crippen molar-refractivity contribution in [1.29, 1.82) is 0 Å². The van der Waals surface area contributed by atoms with E-state index < -0.39 is 11.9 Å². The minimum Gasteiger partial charge on any atom is -0.334 e. The van der Waals surface area contributed by atoms with Crippen molar-refractivity contribution < 1.29 is 19.2 Å². The molecule has 0 saturated carbocycles. The predicted molar refractivity (Wildman–Crippen MR) is 124 cm³/mol. The van der Waals surface area contributed by atoms with Gasteiger partial charge in [0.2, 0.25) is 11.8 Å². The van der Waals surface area contributed by atoms with Gasteiger partial charge in [0, 0.05) is 35.8 Å². The highest BCUT2D eigenvalue weighted by molar-refractivity contribution is 6.31. The summed E-state index contributed by atoms with van der Waals surface area (Å²) in [7, 11) is 0. The molecule has 0 radical (unpaired) electrons. The van der Waals surface area contributed by atoms with Gasteiger partial charge in [-0.15, -0.1) is 0 Å². The fourth-order valence-corrected chi connectivity index (χ4v) is 4.42. The highest BCUT2D eigenvalue weighted by Gasteiger charge is 2.38. The molecule has 4 rings (SSSR count). The van der Waals surface area contributed by atoms with Crippen LogP contribution in [0.15, 0.2) is 30.3 Å². The molecule has 0 aliphatic carbocycles. The summed E-state index contributed by atoms with van der Waals surface area (Å²) in [5.41, 5.74) is 4.68. The molecule has 0 spiro atoms. The van der Waals surface area contributed by atoms with Gasteiger partial charge in [-0.2, -0.15) is 0 Å². The number of anilines is 1. The summed E-state index contributed by atoms with van der Waals surface area (Å²) >= 11 is 6.11. The molecule has 9 heteroatoms. The summed E-state index contributed by atoms with van der Waals surface area (Å²) < 4.78 is 0. The van der Waals surface area contributed by atoms with Crippen molar-refractivity contribution in [2.75, 3.05) is 5.32 Å². The summed E-state index contributed by atoms with van der Waals surface area (Å²) in [5.74, 6) is -0.940. The fourth-order valence-electron chi connectivity index (χ4n) is 4.24. The number of hydrogen-bond donors (Lipinski definition) is 3. The smallest absolute Gasteiger partial charge is 0.319 e. The third kappa shape index (κ3) is 4.71. The van der Waals surface area contributed by atoms with Crippen LogP contribution in [0, 0.1) is 13.8 Å². The number of aryl methyl sites for hydroxylation is 1. The van der Waals surface area contributed by atoms with Crippen LogP contribution in [0.1, 0.15) is 51.9 Å². The number of amides is 5. The fraction of sp³-hybridized carbons (Fsp3) is 0.333. The molecule has 1 saturated heterocycles. The summed E-state index contributed by atoms with van der Waals surface area (Å²) in [6.07, 6.45) is 1.29. The zero-order chi connectivity index (χ0) is 23.7. The second kappa shape index (κ2) is 9.23. The number of benzene rings is 2. The number of halogens is 1. The normalized spacial score (nSPS) is 18.0. The van der Waals surface area contributed by atoms with E-state index in [1.54, 1.807) is 18.2 Å². The van der Waals surface area contributed by atoms with E-state index in [0.717, 1.165) is 22.3 Å². The van der Waals surface area contributed by atoms with E-state index in [0.29, 0.717) is 35.7 Å². The molecule has 3 N–H and O–H groups in total. The quantitative estimate of drug-likeness (QED) is 0.597. The first kappa shape index (κ1) is 22.8. The van der Waals surface area contributed by atoms with E-state index in [9.17, 15) is 19.2 Å². The van der Waals surface area contributed by atoms with Crippen LogP contribution in [0.4, 0.5) is 10.5 Å². The monoisotopic (exact) mass is 468 g/mol. The first-order valence-electron chi connectivity index (χ1n) is 10.8. The first-order valence-corrected chi connectivity index (χ1v) is 11.2. The molecule has 2 aromatic carbocycles. The van der Waals surface area contributed by atoms with Crippen molar-refractivity contribution in [2.45, 2.75) is 52.2 Å². The van der Waals surface area contributed by atoms with Crippen LogP contribution in [0.2, 0.25) is 5.02 Å². The zero-order valence-corrected chi connectivity index (χ0v) is 19.2. The number of fused-ring (bicyclic) bond motifs is 1. The molecule has 2 aliphatic heterocycles. The maximum Gasteiger partial charge on any atom is 0.319 e. The van der Waals surface area contributed by atoms with Crippen molar-refractivity contribution in [2.24, 2.45) is 0 Å². The Kier molecular flexibility index (Phi) is 6.37. The number of carbonyl (C=O) groups excluding carboxylic acids is 4. The Morgan fingerprint density at radius 2 is 1.97 bits per heavy atom.